The van der Waals surface area contributed by atoms with Crippen molar-refractivity contribution in [3.63, 3.8) is 0 Å². The van der Waals surface area contributed by atoms with Crippen molar-refractivity contribution >= 4 is 5.57 Å². The summed E-state index contributed by atoms with van der Waals surface area (Å²) in [5.41, 5.74) is 3.37. The molecule has 0 aromatic heterocycles. The van der Waals surface area contributed by atoms with Crippen molar-refractivity contribution in [1.29, 1.82) is 0 Å². The van der Waals surface area contributed by atoms with Gasteiger partial charge in [0.2, 0.25) is 0 Å². The first-order chi connectivity index (χ1) is 10.4. The molecule has 0 aliphatic rings. The van der Waals surface area contributed by atoms with Crippen LogP contribution in [0.15, 0.2) is 54.8 Å². The van der Waals surface area contributed by atoms with Gasteiger partial charge in [0.25, 0.3) is 0 Å². The molecule has 0 fully saturated rings. The minimum absolute atomic E-state index is 0.583. The zero-order valence-corrected chi connectivity index (χ0v) is 14.3. The number of benzene rings is 1. The topological polar surface area (TPSA) is 32.3 Å². The van der Waals surface area contributed by atoms with Gasteiger partial charge in [-0.2, -0.15) is 0 Å². The van der Waals surface area contributed by atoms with Gasteiger partial charge in [0.1, 0.15) is 0 Å². The smallest absolute Gasteiger partial charge is 0.0863 e. The van der Waals surface area contributed by atoms with Gasteiger partial charge in [0.05, 0.1) is 5.60 Å². The molecule has 1 rings (SSSR count). The molecule has 0 saturated carbocycles. The molecule has 120 valence electrons. The van der Waals surface area contributed by atoms with Gasteiger partial charge in [-0.3, -0.25) is 0 Å². The van der Waals surface area contributed by atoms with Crippen LogP contribution in [0.1, 0.15) is 44.7 Å². The quantitative estimate of drug-likeness (QED) is 0.548. The summed E-state index contributed by atoms with van der Waals surface area (Å²) in [4.78, 5) is 0. The first-order valence-corrected chi connectivity index (χ1v) is 7.92. The predicted octanol–water partition coefficient (Wildman–Crippen LogP) is 4.47. The van der Waals surface area contributed by atoms with Gasteiger partial charge in [0, 0.05) is 19.7 Å². The third-order valence-corrected chi connectivity index (χ3v) is 3.81. The molecule has 1 aromatic carbocycles. The molecule has 1 atom stereocenters. The SMILES string of the molecule is C=C(C)C(C)(O)Cc1ccc(C(/C=C\CCC)=C/NC)cc1. The molecule has 1 aromatic rings. The summed E-state index contributed by atoms with van der Waals surface area (Å²) in [7, 11) is 1.91. The maximum Gasteiger partial charge on any atom is 0.0863 e. The average Bonchev–Trinajstić information content (AvgIpc) is 2.47. The van der Waals surface area contributed by atoms with Crippen molar-refractivity contribution < 1.29 is 5.11 Å². The molecule has 2 nitrogen and oxygen atoms in total. The van der Waals surface area contributed by atoms with Gasteiger partial charge in [-0.1, -0.05) is 56.3 Å². The third-order valence-electron chi connectivity index (χ3n) is 3.81. The number of hydrogen-bond donors (Lipinski definition) is 2. The second kappa shape index (κ2) is 8.60. The lowest BCUT2D eigenvalue weighted by Crippen LogP contribution is -2.28. The van der Waals surface area contributed by atoms with Crippen LogP contribution in [0.3, 0.4) is 0 Å². The number of allylic oxidation sites excluding steroid dienone is 3. The molecule has 2 N–H and O–H groups in total. The van der Waals surface area contributed by atoms with E-state index in [9.17, 15) is 5.11 Å². The Kier molecular flexibility index (Phi) is 7.13. The molecular weight excluding hydrogens is 270 g/mol. The van der Waals surface area contributed by atoms with E-state index in [0.717, 1.165) is 29.6 Å². The summed E-state index contributed by atoms with van der Waals surface area (Å²) < 4.78 is 0. The maximum absolute atomic E-state index is 10.3. The lowest BCUT2D eigenvalue weighted by molar-refractivity contribution is 0.0996. The Morgan fingerprint density at radius 2 is 1.95 bits per heavy atom. The summed E-state index contributed by atoms with van der Waals surface area (Å²) in [5, 5.41) is 13.4. The normalized spacial score (nSPS) is 14.9. The van der Waals surface area contributed by atoms with Crippen LogP contribution in [0.5, 0.6) is 0 Å². The summed E-state index contributed by atoms with van der Waals surface area (Å²) in [6.07, 6.45) is 9.17. The molecule has 0 bridgehead atoms. The van der Waals surface area contributed by atoms with E-state index in [2.05, 4.69) is 55.2 Å². The minimum atomic E-state index is -0.855. The van der Waals surface area contributed by atoms with Crippen LogP contribution < -0.4 is 5.32 Å². The highest BCUT2D eigenvalue weighted by Crippen LogP contribution is 2.22. The Balaban J connectivity index is 2.90. The fourth-order valence-electron chi connectivity index (χ4n) is 2.12. The third kappa shape index (κ3) is 5.53. The molecule has 0 aliphatic carbocycles. The summed E-state index contributed by atoms with van der Waals surface area (Å²) in [5.74, 6) is 0. The first kappa shape index (κ1) is 18.2. The summed E-state index contributed by atoms with van der Waals surface area (Å²) >= 11 is 0. The van der Waals surface area contributed by atoms with Crippen LogP contribution in [-0.2, 0) is 6.42 Å². The van der Waals surface area contributed by atoms with E-state index in [-0.39, 0.29) is 0 Å². The van der Waals surface area contributed by atoms with Gasteiger partial charge in [-0.15, -0.1) is 0 Å². The monoisotopic (exact) mass is 299 g/mol. The highest BCUT2D eigenvalue weighted by molar-refractivity contribution is 5.73. The van der Waals surface area contributed by atoms with Crippen LogP contribution in [0, 0.1) is 0 Å². The number of rotatable bonds is 8. The standard InChI is InChI=1S/C20H29NO/c1-6-7-8-9-19(15-21-5)18-12-10-17(11-13-18)14-20(4,22)16(2)3/h8-13,15,21-22H,2,6-7,14H2,1,3-5H3/b9-8-,19-15+. The summed E-state index contributed by atoms with van der Waals surface area (Å²) in [6.45, 7) is 9.70. The molecule has 22 heavy (non-hydrogen) atoms. The second-order valence-electron chi connectivity index (χ2n) is 6.01. The zero-order chi connectivity index (χ0) is 16.6. The zero-order valence-electron chi connectivity index (χ0n) is 14.3. The number of unbranched alkanes of at least 4 members (excludes halogenated alkanes) is 1. The molecule has 0 amide bonds. The van der Waals surface area contributed by atoms with Crippen LogP contribution in [0.4, 0.5) is 0 Å². The molecule has 1 unspecified atom stereocenters. The molecule has 0 saturated heterocycles. The van der Waals surface area contributed by atoms with E-state index < -0.39 is 5.60 Å². The fourth-order valence-corrected chi connectivity index (χ4v) is 2.12. The Hall–Kier alpha value is -1.80. The molecule has 0 heterocycles. The Labute approximate surface area is 135 Å². The minimum Gasteiger partial charge on any atom is -0.393 e. The largest absolute Gasteiger partial charge is 0.393 e. The van der Waals surface area contributed by atoms with Crippen LogP contribution in [-0.4, -0.2) is 17.8 Å². The van der Waals surface area contributed by atoms with E-state index >= 15 is 0 Å². The van der Waals surface area contributed by atoms with E-state index in [0.29, 0.717) is 6.42 Å². The first-order valence-electron chi connectivity index (χ1n) is 7.92. The Morgan fingerprint density at radius 3 is 2.45 bits per heavy atom. The van der Waals surface area contributed by atoms with E-state index in [1.807, 2.05) is 27.1 Å². The second-order valence-corrected chi connectivity index (χ2v) is 6.01. The Morgan fingerprint density at radius 1 is 1.32 bits per heavy atom. The average molecular weight is 299 g/mol. The van der Waals surface area contributed by atoms with Crippen LogP contribution in [0.2, 0.25) is 0 Å². The van der Waals surface area contributed by atoms with Crippen molar-refractivity contribution in [2.24, 2.45) is 0 Å². The lowest BCUT2D eigenvalue weighted by Gasteiger charge is -2.23. The predicted molar refractivity (Wildman–Crippen MR) is 96.7 cm³/mol. The summed E-state index contributed by atoms with van der Waals surface area (Å²) in [6, 6.07) is 8.35. The maximum atomic E-state index is 10.3. The van der Waals surface area contributed by atoms with Gasteiger partial charge in [-0.25, -0.2) is 0 Å². The van der Waals surface area contributed by atoms with Crippen LogP contribution in [0.25, 0.3) is 5.57 Å². The number of aliphatic hydroxyl groups is 1. The van der Waals surface area contributed by atoms with Crippen molar-refractivity contribution in [2.45, 2.75) is 45.6 Å². The highest BCUT2D eigenvalue weighted by Gasteiger charge is 2.21. The van der Waals surface area contributed by atoms with Crippen molar-refractivity contribution in [3.05, 3.63) is 65.9 Å². The Bertz CT molecular complexity index is 535. The number of nitrogens with one attached hydrogen (secondary N) is 1. The molecule has 0 radical (unpaired) electrons. The van der Waals surface area contributed by atoms with Gasteiger partial charge >= 0.3 is 0 Å². The van der Waals surface area contributed by atoms with Gasteiger partial charge < -0.3 is 10.4 Å². The van der Waals surface area contributed by atoms with E-state index in [1.54, 1.807) is 0 Å². The van der Waals surface area contributed by atoms with E-state index in [1.165, 1.54) is 5.56 Å². The molecule has 0 spiro atoms. The van der Waals surface area contributed by atoms with Crippen molar-refractivity contribution in [1.82, 2.24) is 5.32 Å². The highest BCUT2D eigenvalue weighted by atomic mass is 16.3. The fraction of sp³-hybridized carbons (Fsp3) is 0.400. The van der Waals surface area contributed by atoms with Gasteiger partial charge in [-0.05, 0) is 42.5 Å². The lowest BCUT2D eigenvalue weighted by atomic mass is 9.90. The molecule has 0 aliphatic heterocycles. The van der Waals surface area contributed by atoms with E-state index in [4.69, 9.17) is 0 Å². The van der Waals surface area contributed by atoms with Crippen molar-refractivity contribution in [2.75, 3.05) is 7.05 Å². The molecular formula is C20H29NO. The number of hydrogen-bond acceptors (Lipinski definition) is 2. The van der Waals surface area contributed by atoms with Crippen molar-refractivity contribution in [3.8, 4) is 0 Å². The molecule has 2 heteroatoms. The van der Waals surface area contributed by atoms with Crippen LogP contribution >= 0.6 is 0 Å². The van der Waals surface area contributed by atoms with Gasteiger partial charge in [0.15, 0.2) is 0 Å².